The summed E-state index contributed by atoms with van der Waals surface area (Å²) < 4.78 is 0. The van der Waals surface area contributed by atoms with Crippen LogP contribution in [0.4, 0.5) is 4.79 Å². The lowest BCUT2D eigenvalue weighted by Crippen LogP contribution is -2.45. The third-order valence-corrected chi connectivity index (χ3v) is 6.16. The Labute approximate surface area is 173 Å². The summed E-state index contributed by atoms with van der Waals surface area (Å²) in [5.41, 5.74) is 0.783. The van der Waals surface area contributed by atoms with Crippen LogP contribution in [0.5, 0.6) is 0 Å². The van der Waals surface area contributed by atoms with E-state index < -0.39 is 0 Å². The van der Waals surface area contributed by atoms with Crippen molar-refractivity contribution in [3.8, 4) is 0 Å². The Morgan fingerprint density at radius 3 is 2.71 bits per heavy atom. The number of thioether (sulfide) groups is 1. The molecule has 1 aromatic rings. The Morgan fingerprint density at radius 2 is 2.00 bits per heavy atom. The Hall–Kier alpha value is -1.83. The molecule has 1 aromatic carbocycles. The molecule has 0 bridgehead atoms. The number of hydrogen-bond donors (Lipinski definition) is 1. The molecule has 3 amide bonds. The molecule has 0 aliphatic carbocycles. The van der Waals surface area contributed by atoms with Crippen molar-refractivity contribution in [1.29, 1.82) is 0 Å². The Balaban J connectivity index is 1.61. The minimum absolute atomic E-state index is 0.0472. The van der Waals surface area contributed by atoms with Crippen molar-refractivity contribution in [2.75, 3.05) is 19.7 Å². The van der Waals surface area contributed by atoms with Crippen molar-refractivity contribution in [3.05, 3.63) is 39.8 Å². The van der Waals surface area contributed by atoms with Crippen LogP contribution in [0.25, 0.3) is 6.08 Å². The summed E-state index contributed by atoms with van der Waals surface area (Å²) in [6, 6.07) is 7.04. The van der Waals surface area contributed by atoms with Crippen molar-refractivity contribution in [2.45, 2.75) is 38.1 Å². The highest BCUT2D eigenvalue weighted by Crippen LogP contribution is 2.32. The molecule has 1 atom stereocenters. The number of benzene rings is 1. The standard InChI is InChI=1S/C20H23ClN2O4S/c21-15-6-4-14(5-7-15)13-17-19(26)23(20(27)28-17)11-8-18(25)22-10-2-1-3-16(22)9-12-24/h4-7,13,16,24H,1-3,8-12H2/b17-13-/t16-/m0/s1. The van der Waals surface area contributed by atoms with Crippen LogP contribution in [0.15, 0.2) is 29.2 Å². The summed E-state index contributed by atoms with van der Waals surface area (Å²) >= 11 is 6.75. The Kier molecular flexibility index (Phi) is 7.15. The SMILES string of the molecule is O=C1S/C(=C\c2ccc(Cl)cc2)C(=O)N1CCC(=O)N1CCCC[C@H]1CCO. The number of aliphatic hydroxyl groups is 1. The van der Waals surface area contributed by atoms with Gasteiger partial charge in [0.15, 0.2) is 0 Å². The number of likely N-dealkylation sites (tertiary alicyclic amines) is 1. The molecule has 2 aliphatic heterocycles. The molecule has 2 aliphatic rings. The van der Waals surface area contributed by atoms with E-state index in [1.54, 1.807) is 35.2 Å². The van der Waals surface area contributed by atoms with E-state index in [2.05, 4.69) is 0 Å². The number of carbonyl (C=O) groups excluding carboxylic acids is 3. The molecular weight excluding hydrogens is 400 g/mol. The van der Waals surface area contributed by atoms with E-state index in [0.29, 0.717) is 22.9 Å². The quantitative estimate of drug-likeness (QED) is 0.709. The molecule has 28 heavy (non-hydrogen) atoms. The fourth-order valence-corrected chi connectivity index (χ4v) is 4.52. The third kappa shape index (κ3) is 4.96. The van der Waals surface area contributed by atoms with Crippen LogP contribution in [-0.4, -0.2) is 57.7 Å². The monoisotopic (exact) mass is 422 g/mol. The summed E-state index contributed by atoms with van der Waals surface area (Å²) in [6.07, 6.45) is 5.21. The zero-order valence-corrected chi connectivity index (χ0v) is 17.0. The van der Waals surface area contributed by atoms with Gasteiger partial charge in [-0.2, -0.15) is 0 Å². The predicted octanol–water partition coefficient (Wildman–Crippen LogP) is 3.53. The summed E-state index contributed by atoms with van der Waals surface area (Å²) in [6.45, 7) is 0.790. The van der Waals surface area contributed by atoms with Crippen LogP contribution in [-0.2, 0) is 9.59 Å². The van der Waals surface area contributed by atoms with Crippen molar-refractivity contribution >= 4 is 46.5 Å². The summed E-state index contributed by atoms with van der Waals surface area (Å²) in [7, 11) is 0. The van der Waals surface area contributed by atoms with Gasteiger partial charge in [-0.1, -0.05) is 23.7 Å². The maximum absolute atomic E-state index is 12.6. The summed E-state index contributed by atoms with van der Waals surface area (Å²) in [4.78, 5) is 40.7. The minimum atomic E-state index is -0.372. The second kappa shape index (κ2) is 9.58. The Bertz CT molecular complexity index is 779. The number of amides is 3. The van der Waals surface area contributed by atoms with Gasteiger partial charge in [-0.15, -0.1) is 0 Å². The van der Waals surface area contributed by atoms with Gasteiger partial charge in [0.2, 0.25) is 5.91 Å². The molecule has 2 saturated heterocycles. The molecule has 2 fully saturated rings. The molecule has 0 aromatic heterocycles. The number of carbonyl (C=O) groups is 3. The number of nitrogens with zero attached hydrogens (tertiary/aromatic N) is 2. The van der Waals surface area contributed by atoms with Gasteiger partial charge in [0.05, 0.1) is 4.91 Å². The van der Waals surface area contributed by atoms with E-state index in [0.717, 1.165) is 41.5 Å². The zero-order valence-electron chi connectivity index (χ0n) is 15.5. The van der Waals surface area contributed by atoms with Crippen LogP contribution in [0, 0.1) is 0 Å². The first-order chi connectivity index (χ1) is 13.5. The summed E-state index contributed by atoms with van der Waals surface area (Å²) in [5.74, 6) is -0.442. The van der Waals surface area contributed by atoms with E-state index >= 15 is 0 Å². The van der Waals surface area contributed by atoms with Gasteiger partial charge in [-0.05, 0) is 61.2 Å². The first-order valence-corrected chi connectivity index (χ1v) is 10.6. The van der Waals surface area contributed by atoms with Crippen molar-refractivity contribution < 1.29 is 19.5 Å². The molecule has 6 nitrogen and oxygen atoms in total. The van der Waals surface area contributed by atoms with Gasteiger partial charge in [0.1, 0.15) is 0 Å². The van der Waals surface area contributed by atoms with E-state index in [4.69, 9.17) is 11.6 Å². The van der Waals surface area contributed by atoms with Gasteiger partial charge >= 0.3 is 0 Å². The first kappa shape index (κ1) is 20.9. The molecule has 0 radical (unpaired) electrons. The largest absolute Gasteiger partial charge is 0.396 e. The first-order valence-electron chi connectivity index (χ1n) is 9.41. The Morgan fingerprint density at radius 1 is 1.25 bits per heavy atom. The van der Waals surface area contributed by atoms with E-state index in [9.17, 15) is 19.5 Å². The average molecular weight is 423 g/mol. The van der Waals surface area contributed by atoms with Gasteiger partial charge < -0.3 is 10.0 Å². The van der Waals surface area contributed by atoms with Crippen molar-refractivity contribution in [2.24, 2.45) is 0 Å². The molecular formula is C20H23ClN2O4S. The lowest BCUT2D eigenvalue weighted by molar-refractivity contribution is -0.135. The van der Waals surface area contributed by atoms with Crippen LogP contribution in [0.1, 0.15) is 37.7 Å². The van der Waals surface area contributed by atoms with E-state index in [1.807, 2.05) is 0 Å². The highest BCUT2D eigenvalue weighted by molar-refractivity contribution is 8.18. The van der Waals surface area contributed by atoms with Crippen molar-refractivity contribution in [3.63, 3.8) is 0 Å². The number of imide groups is 1. The van der Waals surface area contributed by atoms with Gasteiger partial charge in [-0.3, -0.25) is 19.3 Å². The third-order valence-electron chi connectivity index (χ3n) is 5.00. The smallest absolute Gasteiger partial charge is 0.293 e. The molecule has 0 saturated carbocycles. The van der Waals surface area contributed by atoms with Crippen LogP contribution < -0.4 is 0 Å². The van der Waals surface area contributed by atoms with Crippen LogP contribution in [0.2, 0.25) is 5.02 Å². The minimum Gasteiger partial charge on any atom is -0.396 e. The molecule has 8 heteroatoms. The van der Waals surface area contributed by atoms with Gasteiger partial charge in [0.25, 0.3) is 11.1 Å². The maximum atomic E-state index is 12.6. The van der Waals surface area contributed by atoms with Gasteiger partial charge in [0, 0.05) is 37.2 Å². The van der Waals surface area contributed by atoms with Gasteiger partial charge in [-0.25, -0.2) is 0 Å². The predicted molar refractivity (Wildman–Crippen MR) is 110 cm³/mol. The molecule has 3 rings (SSSR count). The fourth-order valence-electron chi connectivity index (χ4n) is 3.53. The topological polar surface area (TPSA) is 77.9 Å². The summed E-state index contributed by atoms with van der Waals surface area (Å²) in [5, 5.41) is 9.44. The molecule has 2 heterocycles. The highest BCUT2D eigenvalue weighted by Gasteiger charge is 2.36. The number of piperidine rings is 1. The second-order valence-electron chi connectivity index (χ2n) is 6.88. The number of hydrogen-bond acceptors (Lipinski definition) is 5. The van der Waals surface area contributed by atoms with E-state index in [1.165, 1.54) is 0 Å². The lowest BCUT2D eigenvalue weighted by atomic mass is 9.99. The van der Waals surface area contributed by atoms with Crippen LogP contribution >= 0.6 is 23.4 Å². The zero-order chi connectivity index (χ0) is 20.1. The van der Waals surface area contributed by atoms with Crippen LogP contribution in [0.3, 0.4) is 0 Å². The lowest BCUT2D eigenvalue weighted by Gasteiger charge is -2.36. The average Bonchev–Trinajstić information content (AvgIpc) is 2.95. The molecule has 1 N–H and O–H groups in total. The molecule has 150 valence electrons. The number of halogens is 1. The maximum Gasteiger partial charge on any atom is 0.293 e. The van der Waals surface area contributed by atoms with E-state index in [-0.39, 0.29) is 42.7 Å². The second-order valence-corrected chi connectivity index (χ2v) is 8.31. The van der Waals surface area contributed by atoms with Crippen molar-refractivity contribution in [1.82, 2.24) is 9.80 Å². The molecule has 0 unspecified atom stereocenters. The number of aliphatic hydroxyl groups excluding tert-OH is 1. The number of rotatable bonds is 6. The molecule has 0 spiro atoms. The highest BCUT2D eigenvalue weighted by atomic mass is 35.5. The normalized spacial score (nSPS) is 21.6. The fraction of sp³-hybridized carbons (Fsp3) is 0.450.